The van der Waals surface area contributed by atoms with Gasteiger partial charge in [-0.3, -0.25) is 4.79 Å². The van der Waals surface area contributed by atoms with Gasteiger partial charge in [-0.25, -0.2) is 0 Å². The highest BCUT2D eigenvalue weighted by Gasteiger charge is 2.04. The van der Waals surface area contributed by atoms with Gasteiger partial charge >= 0.3 is 0 Å². The lowest BCUT2D eigenvalue weighted by atomic mass is 10.1. The molecule has 88 valence electrons. The van der Waals surface area contributed by atoms with E-state index in [2.05, 4.69) is 6.92 Å². The maximum atomic E-state index is 11.6. The van der Waals surface area contributed by atoms with Gasteiger partial charge in [-0.15, -0.1) is 0 Å². The van der Waals surface area contributed by atoms with Gasteiger partial charge in [0.2, 0.25) is 5.43 Å². The van der Waals surface area contributed by atoms with Crippen molar-refractivity contribution in [3.8, 4) is 5.75 Å². The zero-order valence-corrected chi connectivity index (χ0v) is 10.2. The molecule has 0 bridgehead atoms. The quantitative estimate of drug-likeness (QED) is 0.688. The lowest BCUT2D eigenvalue weighted by molar-refractivity contribution is 0.405. The number of hydrogen-bond donors (Lipinski definition) is 0. The van der Waals surface area contributed by atoms with E-state index in [4.69, 9.17) is 4.74 Å². The van der Waals surface area contributed by atoms with Gasteiger partial charge in [0.05, 0.1) is 7.11 Å². The maximum Gasteiger partial charge on any atom is 0.220 e. The van der Waals surface area contributed by atoms with E-state index in [0.29, 0.717) is 5.75 Å². The molecule has 0 atom stereocenters. The van der Waals surface area contributed by atoms with Gasteiger partial charge in [-0.1, -0.05) is 44.4 Å². The molecule has 0 saturated carbocycles. The fourth-order valence-corrected chi connectivity index (χ4v) is 1.80. The minimum absolute atomic E-state index is 0.0296. The Bertz CT molecular complexity index is 371. The van der Waals surface area contributed by atoms with Crippen LogP contribution in [0, 0.1) is 0 Å². The van der Waals surface area contributed by atoms with Crippen LogP contribution in [-0.4, -0.2) is 7.11 Å². The standard InChI is InChI=1S/C14H20O2/c1-3-4-5-6-9-12-10-7-8-11-13(15)14(12)16-2/h7-8,10-11H,3-6,9H2,1-2H3. The van der Waals surface area contributed by atoms with Crippen molar-refractivity contribution in [2.45, 2.75) is 39.0 Å². The minimum atomic E-state index is -0.0296. The van der Waals surface area contributed by atoms with Gasteiger partial charge in [0.25, 0.3) is 0 Å². The molecular formula is C14H20O2. The molecule has 0 heterocycles. The van der Waals surface area contributed by atoms with E-state index in [0.717, 1.165) is 18.4 Å². The molecule has 1 rings (SSSR count). The van der Waals surface area contributed by atoms with Crippen molar-refractivity contribution in [1.29, 1.82) is 0 Å². The van der Waals surface area contributed by atoms with Gasteiger partial charge in [-0.05, 0) is 24.5 Å². The van der Waals surface area contributed by atoms with Crippen LogP contribution < -0.4 is 10.2 Å². The summed E-state index contributed by atoms with van der Waals surface area (Å²) in [7, 11) is 1.56. The monoisotopic (exact) mass is 220 g/mol. The van der Waals surface area contributed by atoms with E-state index in [1.165, 1.54) is 19.3 Å². The molecule has 0 fully saturated rings. The number of rotatable bonds is 6. The predicted molar refractivity (Wildman–Crippen MR) is 67.1 cm³/mol. The Labute approximate surface area is 97.3 Å². The fraction of sp³-hybridized carbons (Fsp3) is 0.500. The average molecular weight is 220 g/mol. The van der Waals surface area contributed by atoms with E-state index >= 15 is 0 Å². The summed E-state index contributed by atoms with van der Waals surface area (Å²) in [5.74, 6) is 0.501. The molecule has 0 spiro atoms. The van der Waals surface area contributed by atoms with Crippen molar-refractivity contribution in [1.82, 2.24) is 0 Å². The molecule has 2 nitrogen and oxygen atoms in total. The van der Waals surface area contributed by atoms with Crippen LogP contribution in [-0.2, 0) is 6.42 Å². The Morgan fingerprint density at radius 2 is 1.88 bits per heavy atom. The van der Waals surface area contributed by atoms with Crippen LogP contribution in [0.3, 0.4) is 0 Å². The number of unbranched alkanes of at least 4 members (excludes halogenated alkanes) is 3. The van der Waals surface area contributed by atoms with Crippen LogP contribution in [0.4, 0.5) is 0 Å². The molecule has 0 aliphatic rings. The van der Waals surface area contributed by atoms with Crippen LogP contribution in [0.5, 0.6) is 5.75 Å². The zero-order valence-electron chi connectivity index (χ0n) is 10.2. The summed E-state index contributed by atoms with van der Waals surface area (Å²) >= 11 is 0. The third kappa shape index (κ3) is 3.69. The molecule has 0 amide bonds. The van der Waals surface area contributed by atoms with Crippen molar-refractivity contribution in [3.63, 3.8) is 0 Å². The van der Waals surface area contributed by atoms with Crippen LogP contribution in [0.2, 0.25) is 0 Å². The van der Waals surface area contributed by atoms with E-state index in [9.17, 15) is 4.79 Å². The van der Waals surface area contributed by atoms with Gasteiger partial charge in [0, 0.05) is 0 Å². The Morgan fingerprint density at radius 1 is 1.12 bits per heavy atom. The third-order valence-corrected chi connectivity index (χ3v) is 2.68. The van der Waals surface area contributed by atoms with E-state index in [1.54, 1.807) is 19.2 Å². The van der Waals surface area contributed by atoms with Gasteiger partial charge in [-0.2, -0.15) is 0 Å². The first-order valence-corrected chi connectivity index (χ1v) is 5.95. The summed E-state index contributed by atoms with van der Waals surface area (Å²) in [6.45, 7) is 2.19. The third-order valence-electron chi connectivity index (χ3n) is 2.68. The Morgan fingerprint density at radius 3 is 2.56 bits per heavy atom. The molecule has 0 unspecified atom stereocenters. The lowest BCUT2D eigenvalue weighted by Gasteiger charge is -2.04. The summed E-state index contributed by atoms with van der Waals surface area (Å²) in [5, 5.41) is 0. The van der Waals surface area contributed by atoms with Gasteiger partial charge in [0.15, 0.2) is 5.75 Å². The average Bonchev–Trinajstić information content (AvgIpc) is 2.46. The molecular weight excluding hydrogens is 200 g/mol. The summed E-state index contributed by atoms with van der Waals surface area (Å²) < 4.78 is 5.18. The topological polar surface area (TPSA) is 26.3 Å². The normalized spacial score (nSPS) is 10.1. The predicted octanol–water partition coefficient (Wildman–Crippen LogP) is 3.18. The molecule has 0 N–H and O–H groups in total. The van der Waals surface area contributed by atoms with E-state index in [1.807, 2.05) is 12.1 Å². The smallest absolute Gasteiger partial charge is 0.220 e. The molecule has 0 aliphatic heterocycles. The second kappa shape index (κ2) is 7.04. The minimum Gasteiger partial charge on any atom is -0.492 e. The Kier molecular flexibility index (Phi) is 5.62. The molecule has 1 aromatic rings. The first-order chi connectivity index (χ1) is 7.79. The van der Waals surface area contributed by atoms with Crippen LogP contribution in [0.25, 0.3) is 0 Å². The molecule has 0 aromatic heterocycles. The molecule has 0 saturated heterocycles. The molecule has 2 heteroatoms. The van der Waals surface area contributed by atoms with Crippen molar-refractivity contribution >= 4 is 0 Å². The van der Waals surface area contributed by atoms with Gasteiger partial charge in [0.1, 0.15) is 0 Å². The number of hydrogen-bond acceptors (Lipinski definition) is 2. The largest absolute Gasteiger partial charge is 0.492 e. The number of methoxy groups -OCH3 is 1. The van der Waals surface area contributed by atoms with Crippen molar-refractivity contribution in [3.05, 3.63) is 40.1 Å². The molecule has 0 radical (unpaired) electrons. The van der Waals surface area contributed by atoms with Crippen LogP contribution in [0.15, 0.2) is 29.1 Å². The Hall–Kier alpha value is -1.31. The first kappa shape index (κ1) is 12.8. The molecule has 1 aromatic carbocycles. The van der Waals surface area contributed by atoms with E-state index < -0.39 is 0 Å². The SMILES string of the molecule is CCCCCCc1ccccc(=O)c1OC. The summed E-state index contributed by atoms with van der Waals surface area (Å²) in [5.41, 5.74) is 0.992. The lowest BCUT2D eigenvalue weighted by Crippen LogP contribution is -2.03. The second-order valence-corrected chi connectivity index (χ2v) is 3.95. The second-order valence-electron chi connectivity index (χ2n) is 3.95. The maximum absolute atomic E-state index is 11.6. The summed E-state index contributed by atoms with van der Waals surface area (Å²) in [6.07, 6.45) is 5.74. The highest BCUT2D eigenvalue weighted by molar-refractivity contribution is 5.32. The number of aryl methyl sites for hydroxylation is 1. The highest BCUT2D eigenvalue weighted by atomic mass is 16.5. The van der Waals surface area contributed by atoms with Crippen molar-refractivity contribution in [2.75, 3.05) is 7.11 Å². The summed E-state index contributed by atoms with van der Waals surface area (Å²) in [6, 6.07) is 7.19. The Balaban J connectivity index is 2.75. The fourth-order valence-electron chi connectivity index (χ4n) is 1.80. The van der Waals surface area contributed by atoms with Crippen LogP contribution in [0.1, 0.15) is 38.2 Å². The zero-order chi connectivity index (χ0) is 11.8. The molecule has 0 aliphatic carbocycles. The first-order valence-electron chi connectivity index (χ1n) is 5.95. The molecule has 16 heavy (non-hydrogen) atoms. The summed E-state index contributed by atoms with van der Waals surface area (Å²) in [4.78, 5) is 11.6. The van der Waals surface area contributed by atoms with Crippen LogP contribution >= 0.6 is 0 Å². The van der Waals surface area contributed by atoms with Gasteiger partial charge < -0.3 is 4.74 Å². The van der Waals surface area contributed by atoms with E-state index in [-0.39, 0.29) is 5.43 Å². The highest BCUT2D eigenvalue weighted by Crippen LogP contribution is 2.15. The number of ether oxygens (including phenoxy) is 1. The van der Waals surface area contributed by atoms with Crippen molar-refractivity contribution < 1.29 is 4.74 Å². The van der Waals surface area contributed by atoms with Crippen molar-refractivity contribution in [2.24, 2.45) is 0 Å².